The molecule has 2 atom stereocenters. The fourth-order valence-corrected chi connectivity index (χ4v) is 1.83. The van der Waals surface area contributed by atoms with E-state index >= 15 is 0 Å². The van der Waals surface area contributed by atoms with Crippen LogP contribution in [0.3, 0.4) is 0 Å². The van der Waals surface area contributed by atoms with Gasteiger partial charge in [-0.1, -0.05) is 0 Å². The largest absolute Gasteiger partial charge is 0.367 e. The molecule has 0 spiro atoms. The first-order chi connectivity index (χ1) is 7.58. The van der Waals surface area contributed by atoms with E-state index in [-0.39, 0.29) is 17.5 Å². The van der Waals surface area contributed by atoms with Gasteiger partial charge in [0.2, 0.25) is 0 Å². The van der Waals surface area contributed by atoms with Gasteiger partial charge in [-0.3, -0.25) is 4.79 Å². The van der Waals surface area contributed by atoms with Gasteiger partial charge in [0.15, 0.2) is 17.4 Å². The molecular formula is C12H12F2O2. The van der Waals surface area contributed by atoms with Crippen LogP contribution in [0.2, 0.25) is 0 Å². The molecule has 4 heteroatoms. The zero-order valence-corrected chi connectivity index (χ0v) is 8.87. The van der Waals surface area contributed by atoms with Crippen molar-refractivity contribution in [2.75, 3.05) is 0 Å². The molecule has 1 aromatic rings. The van der Waals surface area contributed by atoms with Gasteiger partial charge in [0.25, 0.3) is 0 Å². The normalized spacial score (nSPS) is 24.7. The van der Waals surface area contributed by atoms with Crippen LogP contribution in [0.25, 0.3) is 0 Å². The van der Waals surface area contributed by atoms with Crippen molar-refractivity contribution in [3.05, 3.63) is 35.4 Å². The minimum absolute atomic E-state index is 0.0549. The molecule has 0 saturated carbocycles. The molecule has 2 unspecified atom stereocenters. The van der Waals surface area contributed by atoms with Crippen LogP contribution in [-0.2, 0) is 4.74 Å². The third-order valence-electron chi connectivity index (χ3n) is 2.73. The Morgan fingerprint density at radius 1 is 1.31 bits per heavy atom. The molecular weight excluding hydrogens is 214 g/mol. The predicted molar refractivity (Wildman–Crippen MR) is 54.3 cm³/mol. The topological polar surface area (TPSA) is 26.3 Å². The lowest BCUT2D eigenvalue weighted by molar-refractivity contribution is 0.0433. The van der Waals surface area contributed by atoms with Gasteiger partial charge in [-0.25, -0.2) is 8.78 Å². The molecule has 1 aromatic carbocycles. The van der Waals surface area contributed by atoms with Gasteiger partial charge in [-0.15, -0.1) is 0 Å². The van der Waals surface area contributed by atoms with Crippen molar-refractivity contribution in [3.8, 4) is 0 Å². The summed E-state index contributed by atoms with van der Waals surface area (Å²) in [7, 11) is 0. The van der Waals surface area contributed by atoms with Gasteiger partial charge in [-0.2, -0.15) is 0 Å². The first-order valence-corrected chi connectivity index (χ1v) is 5.22. The fourth-order valence-electron chi connectivity index (χ4n) is 1.83. The molecule has 0 N–H and O–H groups in total. The van der Waals surface area contributed by atoms with Crippen LogP contribution in [0.15, 0.2) is 18.2 Å². The number of carbonyl (C=O) groups excluding carboxylic acids is 1. The van der Waals surface area contributed by atoms with Gasteiger partial charge >= 0.3 is 0 Å². The summed E-state index contributed by atoms with van der Waals surface area (Å²) in [4.78, 5) is 11.8. The van der Waals surface area contributed by atoms with E-state index in [1.165, 1.54) is 6.07 Å². The second-order valence-corrected chi connectivity index (χ2v) is 4.01. The first-order valence-electron chi connectivity index (χ1n) is 5.22. The molecule has 1 aliphatic heterocycles. The van der Waals surface area contributed by atoms with Crippen LogP contribution in [0, 0.1) is 11.6 Å². The Bertz CT molecular complexity index is 417. The van der Waals surface area contributed by atoms with Crippen LogP contribution in [0.5, 0.6) is 0 Å². The quantitative estimate of drug-likeness (QED) is 0.725. The molecule has 1 fully saturated rings. The molecule has 0 bridgehead atoms. The van der Waals surface area contributed by atoms with E-state index in [4.69, 9.17) is 4.74 Å². The van der Waals surface area contributed by atoms with Gasteiger partial charge in [-0.05, 0) is 38.0 Å². The Hall–Kier alpha value is -1.29. The van der Waals surface area contributed by atoms with Crippen LogP contribution >= 0.6 is 0 Å². The van der Waals surface area contributed by atoms with Crippen LogP contribution in [-0.4, -0.2) is 18.0 Å². The molecule has 1 heterocycles. The molecule has 86 valence electrons. The highest BCUT2D eigenvalue weighted by molar-refractivity contribution is 5.99. The second kappa shape index (κ2) is 4.29. The Morgan fingerprint density at radius 3 is 2.62 bits per heavy atom. The van der Waals surface area contributed by atoms with Crippen LogP contribution < -0.4 is 0 Å². The molecule has 0 aliphatic carbocycles. The molecule has 2 nitrogen and oxygen atoms in total. The molecule has 1 aliphatic rings. The number of hydrogen-bond acceptors (Lipinski definition) is 2. The molecule has 0 aromatic heterocycles. The Balaban J connectivity index is 2.18. The molecule has 0 radical (unpaired) electrons. The molecule has 2 rings (SSSR count). The standard InChI is InChI=1S/C12H12F2O2/c1-7-2-5-11(16-7)12(15)8-3-4-9(13)10(14)6-8/h3-4,6-7,11H,2,5H2,1H3. The summed E-state index contributed by atoms with van der Waals surface area (Å²) in [6, 6.07) is 3.16. The minimum atomic E-state index is -1.00. The van der Waals surface area contributed by atoms with Crippen molar-refractivity contribution in [1.29, 1.82) is 0 Å². The highest BCUT2D eigenvalue weighted by Gasteiger charge is 2.29. The summed E-state index contributed by atoms with van der Waals surface area (Å²) in [5.41, 5.74) is 0.165. The van der Waals surface area contributed by atoms with E-state index < -0.39 is 17.7 Å². The number of ether oxygens (including phenoxy) is 1. The summed E-state index contributed by atoms with van der Waals surface area (Å²) in [6.07, 6.45) is 0.998. The SMILES string of the molecule is CC1CCC(C(=O)c2ccc(F)c(F)c2)O1. The average molecular weight is 226 g/mol. The van der Waals surface area contributed by atoms with Gasteiger partial charge in [0, 0.05) is 5.56 Å². The number of halogens is 2. The van der Waals surface area contributed by atoms with Gasteiger partial charge < -0.3 is 4.74 Å². The third kappa shape index (κ3) is 2.11. The summed E-state index contributed by atoms with van der Waals surface area (Å²) in [5, 5.41) is 0. The zero-order valence-electron chi connectivity index (χ0n) is 8.87. The number of carbonyl (C=O) groups is 1. The maximum atomic E-state index is 12.9. The van der Waals surface area contributed by atoms with E-state index in [9.17, 15) is 13.6 Å². The third-order valence-corrected chi connectivity index (χ3v) is 2.73. The monoisotopic (exact) mass is 226 g/mol. The number of rotatable bonds is 2. The second-order valence-electron chi connectivity index (χ2n) is 4.01. The van der Waals surface area contributed by atoms with Crippen LogP contribution in [0.4, 0.5) is 8.78 Å². The maximum absolute atomic E-state index is 12.9. The Labute approximate surface area is 92.2 Å². The van der Waals surface area contributed by atoms with Crippen molar-refractivity contribution < 1.29 is 18.3 Å². The number of Topliss-reactive ketones (excluding diaryl/α,β-unsaturated/α-hetero) is 1. The van der Waals surface area contributed by atoms with Crippen molar-refractivity contribution in [3.63, 3.8) is 0 Å². The van der Waals surface area contributed by atoms with E-state index in [1.807, 2.05) is 6.92 Å². The Kier molecular flexibility index (Phi) is 3.01. The Morgan fingerprint density at radius 2 is 2.06 bits per heavy atom. The van der Waals surface area contributed by atoms with Gasteiger partial charge in [0.1, 0.15) is 6.10 Å². The molecule has 1 saturated heterocycles. The lowest BCUT2D eigenvalue weighted by atomic mass is 10.0. The smallest absolute Gasteiger partial charge is 0.191 e. The highest BCUT2D eigenvalue weighted by Crippen LogP contribution is 2.23. The van der Waals surface area contributed by atoms with Gasteiger partial charge in [0.05, 0.1) is 6.10 Å². The summed E-state index contributed by atoms with van der Waals surface area (Å²) < 4.78 is 31.0. The van der Waals surface area contributed by atoms with Crippen molar-refractivity contribution >= 4 is 5.78 Å². The van der Waals surface area contributed by atoms with Crippen molar-refractivity contribution in [1.82, 2.24) is 0 Å². The van der Waals surface area contributed by atoms with Crippen molar-refractivity contribution in [2.45, 2.75) is 32.0 Å². The summed E-state index contributed by atoms with van der Waals surface area (Å²) >= 11 is 0. The first kappa shape index (κ1) is 11.2. The highest BCUT2D eigenvalue weighted by atomic mass is 19.2. The van der Waals surface area contributed by atoms with E-state index in [1.54, 1.807) is 0 Å². The fraction of sp³-hybridized carbons (Fsp3) is 0.417. The van der Waals surface area contributed by atoms with E-state index in [0.717, 1.165) is 18.6 Å². The van der Waals surface area contributed by atoms with Crippen LogP contribution in [0.1, 0.15) is 30.1 Å². The maximum Gasteiger partial charge on any atom is 0.191 e. The van der Waals surface area contributed by atoms with E-state index in [0.29, 0.717) is 6.42 Å². The minimum Gasteiger partial charge on any atom is -0.367 e. The average Bonchev–Trinajstić information content (AvgIpc) is 2.68. The number of hydrogen-bond donors (Lipinski definition) is 0. The lowest BCUT2D eigenvalue weighted by Crippen LogP contribution is -2.21. The van der Waals surface area contributed by atoms with Crippen molar-refractivity contribution in [2.24, 2.45) is 0 Å². The molecule has 16 heavy (non-hydrogen) atoms. The lowest BCUT2D eigenvalue weighted by Gasteiger charge is -2.09. The zero-order chi connectivity index (χ0) is 11.7. The summed E-state index contributed by atoms with van der Waals surface area (Å²) in [5.74, 6) is -2.22. The molecule has 0 amide bonds. The van der Waals surface area contributed by atoms with E-state index in [2.05, 4.69) is 0 Å². The predicted octanol–water partition coefficient (Wildman–Crippen LogP) is 2.72. The number of benzene rings is 1. The number of ketones is 1. The summed E-state index contributed by atoms with van der Waals surface area (Å²) in [6.45, 7) is 1.89.